The molecule has 1 aromatic heterocycles. The van der Waals surface area contributed by atoms with Gasteiger partial charge in [-0.3, -0.25) is 4.79 Å². The van der Waals surface area contributed by atoms with Crippen molar-refractivity contribution in [3.05, 3.63) is 38.7 Å². The summed E-state index contributed by atoms with van der Waals surface area (Å²) in [5.41, 5.74) is -0.278. The third-order valence-corrected chi connectivity index (χ3v) is 4.04. The fourth-order valence-corrected chi connectivity index (χ4v) is 2.69. The van der Waals surface area contributed by atoms with Crippen molar-refractivity contribution in [2.24, 2.45) is 0 Å². The van der Waals surface area contributed by atoms with Crippen LogP contribution in [0.15, 0.2) is 31.9 Å². The average molecular weight is 396 g/mol. The molecule has 0 radical (unpaired) electrons. The molecule has 130 valence electrons. The first-order chi connectivity index (χ1) is 11.6. The van der Waals surface area contributed by atoms with E-state index < -0.39 is 11.5 Å². The lowest BCUT2D eigenvalue weighted by Gasteiger charge is -2.10. The molecule has 5 nitrogen and oxygen atoms in total. The Bertz CT molecular complexity index is 769. The number of hydrogen-bond donors (Lipinski definition) is 1. The van der Waals surface area contributed by atoms with Crippen molar-refractivity contribution in [2.45, 2.75) is 39.5 Å². The van der Waals surface area contributed by atoms with Crippen molar-refractivity contribution < 1.29 is 13.9 Å². The van der Waals surface area contributed by atoms with Crippen LogP contribution in [0, 0.1) is 0 Å². The summed E-state index contributed by atoms with van der Waals surface area (Å²) in [4.78, 5) is 24.3. The number of benzene rings is 1. The first kappa shape index (κ1) is 18.5. The number of fused-ring (bicyclic) bond motifs is 1. The second-order valence-corrected chi connectivity index (χ2v) is 6.50. The number of amides is 1. The Hall–Kier alpha value is -1.82. The zero-order valence-electron chi connectivity index (χ0n) is 14.0. The van der Waals surface area contributed by atoms with Crippen molar-refractivity contribution in [1.29, 1.82) is 0 Å². The molecule has 6 heteroatoms. The third kappa shape index (κ3) is 4.60. The van der Waals surface area contributed by atoms with Crippen molar-refractivity contribution in [3.63, 3.8) is 0 Å². The van der Waals surface area contributed by atoms with E-state index in [1.165, 1.54) is 0 Å². The van der Waals surface area contributed by atoms with Crippen LogP contribution in [-0.2, 0) is 0 Å². The third-order valence-electron chi connectivity index (χ3n) is 3.58. The Morgan fingerprint density at radius 1 is 1.21 bits per heavy atom. The fourth-order valence-electron chi connectivity index (χ4n) is 2.23. The van der Waals surface area contributed by atoms with Crippen molar-refractivity contribution in [2.75, 3.05) is 13.2 Å². The lowest BCUT2D eigenvalue weighted by Crippen LogP contribution is -2.29. The molecule has 1 amide bonds. The van der Waals surface area contributed by atoms with E-state index >= 15 is 0 Å². The highest BCUT2D eigenvalue weighted by molar-refractivity contribution is 9.10. The number of ether oxygens (including phenoxy) is 1. The number of hydrogen-bond acceptors (Lipinski definition) is 4. The Balaban J connectivity index is 2.36. The number of nitrogens with one attached hydrogen (secondary N) is 1. The van der Waals surface area contributed by atoms with E-state index in [4.69, 9.17) is 9.15 Å². The number of halogens is 1. The van der Waals surface area contributed by atoms with E-state index in [2.05, 4.69) is 28.2 Å². The second kappa shape index (κ2) is 8.87. The van der Waals surface area contributed by atoms with Gasteiger partial charge in [-0.1, -0.05) is 42.6 Å². The minimum Gasteiger partial charge on any atom is -0.490 e. The van der Waals surface area contributed by atoms with E-state index in [1.807, 2.05) is 6.92 Å². The summed E-state index contributed by atoms with van der Waals surface area (Å²) in [7, 11) is 0. The molecule has 0 aliphatic rings. The lowest BCUT2D eigenvalue weighted by molar-refractivity contribution is 0.0949. The first-order valence-corrected chi connectivity index (χ1v) is 9.04. The normalized spacial score (nSPS) is 10.8. The van der Waals surface area contributed by atoms with Crippen molar-refractivity contribution in [1.82, 2.24) is 5.32 Å². The van der Waals surface area contributed by atoms with Crippen LogP contribution in [-0.4, -0.2) is 19.1 Å². The molecule has 0 saturated heterocycles. The number of unbranched alkanes of at least 4 members (excludes halogenated alkanes) is 2. The van der Waals surface area contributed by atoms with Crippen LogP contribution in [0.4, 0.5) is 0 Å². The van der Waals surface area contributed by atoms with Gasteiger partial charge in [-0.05, 0) is 31.0 Å². The molecule has 1 N–H and O–H groups in total. The molecular formula is C18H22BrNO4. The average Bonchev–Trinajstić information content (AvgIpc) is 2.55. The van der Waals surface area contributed by atoms with E-state index in [0.29, 0.717) is 29.9 Å². The Kier molecular flexibility index (Phi) is 6.85. The molecule has 2 aromatic rings. The molecule has 0 bridgehead atoms. The summed E-state index contributed by atoms with van der Waals surface area (Å²) in [6.07, 6.45) is 3.76. The minimum atomic E-state index is -0.654. The molecular weight excluding hydrogens is 374 g/mol. The molecule has 0 atom stereocenters. The number of carbonyl (C=O) groups is 1. The lowest BCUT2D eigenvalue weighted by atomic mass is 10.1. The van der Waals surface area contributed by atoms with Gasteiger partial charge in [0.25, 0.3) is 5.91 Å². The second-order valence-electron chi connectivity index (χ2n) is 5.58. The van der Waals surface area contributed by atoms with Gasteiger partial charge in [0.2, 0.25) is 0 Å². The zero-order chi connectivity index (χ0) is 17.5. The van der Waals surface area contributed by atoms with E-state index in [1.54, 1.807) is 18.2 Å². The summed E-state index contributed by atoms with van der Waals surface area (Å²) in [6, 6.07) is 5.12. The van der Waals surface area contributed by atoms with E-state index in [9.17, 15) is 9.59 Å². The molecule has 0 aliphatic carbocycles. The molecule has 0 saturated carbocycles. The Morgan fingerprint density at radius 3 is 2.67 bits per heavy atom. The van der Waals surface area contributed by atoms with Crippen LogP contribution < -0.4 is 15.7 Å². The van der Waals surface area contributed by atoms with Gasteiger partial charge in [0, 0.05) is 16.4 Å². The predicted molar refractivity (Wildman–Crippen MR) is 97.8 cm³/mol. The Labute approximate surface area is 149 Å². The van der Waals surface area contributed by atoms with Gasteiger partial charge in [-0.15, -0.1) is 0 Å². The number of carbonyl (C=O) groups excluding carboxylic acids is 1. The maximum atomic E-state index is 12.2. The van der Waals surface area contributed by atoms with Crippen LogP contribution >= 0.6 is 15.9 Å². The first-order valence-electron chi connectivity index (χ1n) is 8.25. The monoisotopic (exact) mass is 395 g/mol. The van der Waals surface area contributed by atoms with Crippen LogP contribution in [0.3, 0.4) is 0 Å². The zero-order valence-corrected chi connectivity index (χ0v) is 15.6. The standard InChI is InChI=1S/C18H22BrNO4/c1-3-5-7-20-17(21)14-10-12-9-13(19)11-15(23-8-6-4-2)16(12)24-18(14)22/h9-11H,3-8H2,1-2H3,(H,20,21). The van der Waals surface area contributed by atoms with E-state index in [-0.39, 0.29) is 5.56 Å². The molecule has 0 spiro atoms. The van der Waals surface area contributed by atoms with Gasteiger partial charge in [0.15, 0.2) is 11.3 Å². The molecule has 2 rings (SSSR count). The van der Waals surface area contributed by atoms with Crippen molar-refractivity contribution >= 4 is 32.8 Å². The molecule has 0 unspecified atom stereocenters. The van der Waals surface area contributed by atoms with Gasteiger partial charge in [0.05, 0.1) is 6.61 Å². The van der Waals surface area contributed by atoms with Gasteiger partial charge in [0.1, 0.15) is 5.56 Å². The molecule has 1 aromatic carbocycles. The SMILES string of the molecule is CCCCNC(=O)c1cc2cc(Br)cc(OCCCC)c2oc1=O. The molecule has 1 heterocycles. The topological polar surface area (TPSA) is 68.5 Å². The summed E-state index contributed by atoms with van der Waals surface area (Å²) in [6.45, 7) is 5.20. The largest absolute Gasteiger partial charge is 0.490 e. The maximum Gasteiger partial charge on any atom is 0.349 e. The highest BCUT2D eigenvalue weighted by atomic mass is 79.9. The van der Waals surface area contributed by atoms with Crippen LogP contribution in [0.2, 0.25) is 0 Å². The quantitative estimate of drug-likeness (QED) is 0.535. The van der Waals surface area contributed by atoms with Crippen LogP contribution in [0.25, 0.3) is 11.0 Å². The van der Waals surface area contributed by atoms with Gasteiger partial charge in [-0.25, -0.2) is 4.79 Å². The highest BCUT2D eigenvalue weighted by Gasteiger charge is 2.16. The van der Waals surface area contributed by atoms with Crippen LogP contribution in [0.5, 0.6) is 5.75 Å². The predicted octanol–water partition coefficient (Wildman–Crippen LogP) is 4.26. The van der Waals surface area contributed by atoms with Gasteiger partial charge < -0.3 is 14.5 Å². The summed E-state index contributed by atoms with van der Waals surface area (Å²) in [5, 5.41) is 3.38. The molecule has 0 aliphatic heterocycles. The van der Waals surface area contributed by atoms with E-state index in [0.717, 1.165) is 30.2 Å². The highest BCUT2D eigenvalue weighted by Crippen LogP contribution is 2.30. The van der Waals surface area contributed by atoms with Crippen molar-refractivity contribution in [3.8, 4) is 5.75 Å². The summed E-state index contributed by atoms with van der Waals surface area (Å²) in [5.74, 6) is 0.0930. The summed E-state index contributed by atoms with van der Waals surface area (Å²) < 4.78 is 11.9. The molecule has 0 fully saturated rings. The van der Waals surface area contributed by atoms with Gasteiger partial charge >= 0.3 is 5.63 Å². The van der Waals surface area contributed by atoms with Gasteiger partial charge in [-0.2, -0.15) is 0 Å². The minimum absolute atomic E-state index is 0.0104. The maximum absolute atomic E-state index is 12.2. The summed E-state index contributed by atoms with van der Waals surface area (Å²) >= 11 is 3.42. The smallest absolute Gasteiger partial charge is 0.349 e. The number of rotatable bonds is 8. The molecule has 24 heavy (non-hydrogen) atoms. The Morgan fingerprint density at radius 2 is 1.96 bits per heavy atom. The van der Waals surface area contributed by atoms with Crippen LogP contribution in [0.1, 0.15) is 49.9 Å². The fraction of sp³-hybridized carbons (Fsp3) is 0.444.